The number of nitrogens with zero attached hydrogens (tertiary/aromatic N) is 2. The molecule has 17 heavy (non-hydrogen) atoms. The van der Waals surface area contributed by atoms with Crippen LogP contribution in [0.25, 0.3) is 11.0 Å². The number of fused-ring (bicyclic) bond motifs is 1. The first-order chi connectivity index (χ1) is 8.17. The molecule has 92 valence electrons. The molecule has 0 bridgehead atoms. The van der Waals surface area contributed by atoms with Crippen LogP contribution in [0.4, 0.5) is 0 Å². The molecule has 0 saturated heterocycles. The van der Waals surface area contributed by atoms with E-state index in [1.807, 2.05) is 29.7 Å². The molecule has 1 aromatic carbocycles. The minimum atomic E-state index is 0.101. The smallest absolute Gasteiger partial charge is 0.123 e. The summed E-state index contributed by atoms with van der Waals surface area (Å²) in [6, 6.07) is 5.78. The zero-order chi connectivity index (χ0) is 12.4. The number of imidazole rings is 1. The van der Waals surface area contributed by atoms with Crippen LogP contribution < -0.4 is 4.74 Å². The summed E-state index contributed by atoms with van der Waals surface area (Å²) in [5.74, 6) is 1.71. The lowest BCUT2D eigenvalue weighted by Crippen LogP contribution is -2.07. The molecule has 1 aromatic heterocycles. The van der Waals surface area contributed by atoms with Crippen LogP contribution in [0.5, 0.6) is 5.75 Å². The fourth-order valence-corrected chi connectivity index (χ4v) is 2.24. The summed E-state index contributed by atoms with van der Waals surface area (Å²) in [6.45, 7) is 2.67. The first-order valence-corrected chi connectivity index (χ1v) is 6.38. The van der Waals surface area contributed by atoms with E-state index in [0.717, 1.165) is 22.6 Å². The third kappa shape index (κ3) is 2.30. The second kappa shape index (κ2) is 5.06. The van der Waals surface area contributed by atoms with Crippen LogP contribution in [0.1, 0.15) is 17.6 Å². The highest BCUT2D eigenvalue weighted by Crippen LogP contribution is 2.27. The Morgan fingerprint density at radius 3 is 2.88 bits per heavy atom. The maximum atomic E-state index is 9.12. The van der Waals surface area contributed by atoms with E-state index in [2.05, 4.69) is 20.9 Å². The molecule has 0 amide bonds. The van der Waals surface area contributed by atoms with Crippen molar-refractivity contribution in [2.45, 2.75) is 18.3 Å². The normalized spacial score (nSPS) is 12.9. The van der Waals surface area contributed by atoms with Gasteiger partial charge < -0.3 is 14.4 Å². The summed E-state index contributed by atoms with van der Waals surface area (Å²) < 4.78 is 7.20. The molecule has 0 aliphatic rings. The highest BCUT2D eigenvalue weighted by molar-refractivity contribution is 9.09. The van der Waals surface area contributed by atoms with Crippen LogP contribution in [-0.2, 0) is 6.54 Å². The van der Waals surface area contributed by atoms with Gasteiger partial charge in [0.05, 0.1) is 29.6 Å². The Hall–Kier alpha value is -1.07. The molecule has 1 unspecified atom stereocenters. The van der Waals surface area contributed by atoms with E-state index >= 15 is 0 Å². The van der Waals surface area contributed by atoms with E-state index in [1.54, 1.807) is 7.11 Å². The number of aliphatic hydroxyl groups is 1. The maximum absolute atomic E-state index is 9.12. The van der Waals surface area contributed by atoms with E-state index in [9.17, 15) is 0 Å². The Bertz CT molecular complexity index is 522. The van der Waals surface area contributed by atoms with Crippen LogP contribution >= 0.6 is 15.9 Å². The Balaban J connectivity index is 2.61. The lowest BCUT2D eigenvalue weighted by atomic mass is 10.3. The largest absolute Gasteiger partial charge is 0.497 e. The summed E-state index contributed by atoms with van der Waals surface area (Å²) in [4.78, 5) is 4.71. The summed E-state index contributed by atoms with van der Waals surface area (Å²) in [6.07, 6.45) is 0. The van der Waals surface area contributed by atoms with Crippen molar-refractivity contribution in [2.75, 3.05) is 13.7 Å². The minimum absolute atomic E-state index is 0.101. The van der Waals surface area contributed by atoms with Crippen molar-refractivity contribution in [3.05, 3.63) is 24.0 Å². The van der Waals surface area contributed by atoms with Gasteiger partial charge in [-0.3, -0.25) is 0 Å². The summed E-state index contributed by atoms with van der Waals surface area (Å²) in [5, 5.41) is 9.12. The molecular weight excluding hydrogens is 284 g/mol. The molecule has 1 atom stereocenters. The zero-order valence-electron chi connectivity index (χ0n) is 9.85. The van der Waals surface area contributed by atoms with Crippen molar-refractivity contribution in [3.63, 3.8) is 0 Å². The number of hydrogen-bond donors (Lipinski definition) is 1. The number of hydrogen-bond acceptors (Lipinski definition) is 3. The van der Waals surface area contributed by atoms with E-state index in [4.69, 9.17) is 9.84 Å². The second-order valence-corrected chi connectivity index (χ2v) is 5.19. The molecule has 0 aliphatic carbocycles. The SMILES string of the molecule is COc1ccc2c(c1)nc(C(C)Br)n2CCO. The van der Waals surface area contributed by atoms with Crippen molar-refractivity contribution in [2.24, 2.45) is 0 Å². The minimum Gasteiger partial charge on any atom is -0.497 e. The van der Waals surface area contributed by atoms with E-state index in [0.29, 0.717) is 6.54 Å². The average molecular weight is 299 g/mol. The molecule has 5 heteroatoms. The lowest BCUT2D eigenvalue weighted by molar-refractivity contribution is 0.276. The van der Waals surface area contributed by atoms with Crippen LogP contribution in [0.3, 0.4) is 0 Å². The topological polar surface area (TPSA) is 47.3 Å². The van der Waals surface area contributed by atoms with Crippen LogP contribution in [0.15, 0.2) is 18.2 Å². The molecule has 2 rings (SSSR count). The number of benzene rings is 1. The summed E-state index contributed by atoms with van der Waals surface area (Å²) in [7, 11) is 1.64. The lowest BCUT2D eigenvalue weighted by Gasteiger charge is -2.08. The first-order valence-electron chi connectivity index (χ1n) is 5.46. The molecule has 0 saturated carbocycles. The number of ether oxygens (including phenoxy) is 1. The molecule has 2 aromatic rings. The number of rotatable bonds is 4. The fourth-order valence-electron chi connectivity index (χ4n) is 1.89. The number of halogens is 1. The predicted molar refractivity (Wildman–Crippen MR) is 70.7 cm³/mol. The Morgan fingerprint density at radius 1 is 1.53 bits per heavy atom. The average Bonchev–Trinajstić information content (AvgIpc) is 2.68. The Labute approximate surface area is 108 Å². The van der Waals surface area contributed by atoms with Crippen LogP contribution in [0, 0.1) is 0 Å². The monoisotopic (exact) mass is 298 g/mol. The van der Waals surface area contributed by atoms with Crippen LogP contribution in [-0.4, -0.2) is 28.4 Å². The van der Waals surface area contributed by atoms with Crippen molar-refractivity contribution >= 4 is 27.0 Å². The first kappa shape index (κ1) is 12.4. The van der Waals surface area contributed by atoms with Gasteiger partial charge in [-0.25, -0.2) is 4.98 Å². The maximum Gasteiger partial charge on any atom is 0.123 e. The third-order valence-corrected chi connectivity index (χ3v) is 3.07. The summed E-state index contributed by atoms with van der Waals surface area (Å²) >= 11 is 3.52. The molecule has 0 aliphatic heterocycles. The van der Waals surface area contributed by atoms with E-state index in [1.165, 1.54) is 0 Å². The van der Waals surface area contributed by atoms with Crippen molar-refractivity contribution in [1.82, 2.24) is 9.55 Å². The number of alkyl halides is 1. The number of aromatic nitrogens is 2. The zero-order valence-corrected chi connectivity index (χ0v) is 11.4. The quantitative estimate of drug-likeness (QED) is 0.882. The molecule has 4 nitrogen and oxygen atoms in total. The summed E-state index contributed by atoms with van der Waals surface area (Å²) in [5.41, 5.74) is 1.90. The van der Waals surface area contributed by atoms with Gasteiger partial charge in [-0.2, -0.15) is 0 Å². The Kier molecular flexibility index (Phi) is 3.69. The fraction of sp³-hybridized carbons (Fsp3) is 0.417. The van der Waals surface area contributed by atoms with E-state index in [-0.39, 0.29) is 11.4 Å². The van der Waals surface area contributed by atoms with Crippen molar-refractivity contribution in [3.8, 4) is 5.75 Å². The third-order valence-electron chi connectivity index (χ3n) is 2.66. The molecule has 0 fully saturated rings. The van der Waals surface area contributed by atoms with Gasteiger partial charge in [-0.15, -0.1) is 0 Å². The standard InChI is InChI=1S/C12H15BrN2O2/c1-8(13)12-14-10-7-9(17-2)3-4-11(10)15(12)5-6-16/h3-4,7-8,16H,5-6H2,1-2H3. The predicted octanol–water partition coefficient (Wildman–Crippen LogP) is 2.49. The molecule has 1 heterocycles. The Morgan fingerprint density at radius 2 is 2.29 bits per heavy atom. The highest BCUT2D eigenvalue weighted by Gasteiger charge is 2.14. The van der Waals surface area contributed by atoms with Crippen molar-refractivity contribution < 1.29 is 9.84 Å². The van der Waals surface area contributed by atoms with Gasteiger partial charge in [0.25, 0.3) is 0 Å². The van der Waals surface area contributed by atoms with Gasteiger partial charge in [0.15, 0.2) is 0 Å². The van der Waals surface area contributed by atoms with Crippen molar-refractivity contribution in [1.29, 1.82) is 0 Å². The van der Waals surface area contributed by atoms with Gasteiger partial charge in [0.1, 0.15) is 11.6 Å². The molecule has 1 N–H and O–H groups in total. The number of aliphatic hydroxyl groups excluding tert-OH is 1. The van der Waals surface area contributed by atoms with Crippen LogP contribution in [0.2, 0.25) is 0 Å². The molecule has 0 spiro atoms. The van der Waals surface area contributed by atoms with Gasteiger partial charge in [-0.05, 0) is 19.1 Å². The molecule has 0 radical (unpaired) electrons. The van der Waals surface area contributed by atoms with E-state index < -0.39 is 0 Å². The van der Waals surface area contributed by atoms with Gasteiger partial charge in [-0.1, -0.05) is 15.9 Å². The second-order valence-electron chi connectivity index (χ2n) is 3.82. The highest BCUT2D eigenvalue weighted by atomic mass is 79.9. The van der Waals surface area contributed by atoms with Gasteiger partial charge in [0.2, 0.25) is 0 Å². The van der Waals surface area contributed by atoms with Gasteiger partial charge in [0, 0.05) is 12.6 Å². The van der Waals surface area contributed by atoms with Gasteiger partial charge >= 0.3 is 0 Å². The molecular formula is C12H15BrN2O2. The number of methoxy groups -OCH3 is 1.